The maximum absolute atomic E-state index is 14.8. The van der Waals surface area contributed by atoms with Crippen molar-refractivity contribution in [3.05, 3.63) is 182 Å². The van der Waals surface area contributed by atoms with E-state index in [0.717, 1.165) is 21.7 Å². The van der Waals surface area contributed by atoms with E-state index in [9.17, 15) is 58.7 Å². The van der Waals surface area contributed by atoms with E-state index in [2.05, 4.69) is 60.1 Å². The molecule has 46 nitrogen and oxygen atoms in total. The van der Waals surface area contributed by atoms with Gasteiger partial charge in [0.2, 0.25) is 35.5 Å². The monoisotopic (exact) mass is 2110 g/mol. The minimum atomic E-state index is -4.46. The van der Waals surface area contributed by atoms with Crippen molar-refractivity contribution in [3.63, 3.8) is 0 Å². The van der Waals surface area contributed by atoms with Crippen LogP contribution in [0.3, 0.4) is 0 Å². The average molecular weight is 2110 g/mol. The molecule has 49 heteroatoms. The molecule has 15 N–H and O–H groups in total. The number of nitrogens with one attached hydrogen (secondary N) is 3. The third-order valence-corrected chi connectivity index (χ3v) is 29.8. The van der Waals surface area contributed by atoms with Gasteiger partial charge < -0.3 is 109 Å². The first-order valence-corrected chi connectivity index (χ1v) is 52.4. The number of hydrogen-bond acceptors (Lipinski definition) is 40. The van der Waals surface area contributed by atoms with Crippen molar-refractivity contribution in [1.82, 2.24) is 73.8 Å². The van der Waals surface area contributed by atoms with Crippen LogP contribution in [-0.4, -0.2) is 246 Å². The van der Waals surface area contributed by atoms with Gasteiger partial charge in [0.1, 0.15) is 102 Å². The molecule has 10 heterocycles. The number of fused-ring (bicyclic) bond motifs is 6. The molecule has 4 saturated heterocycles. The number of esters is 3. The predicted octanol–water partition coefficient (Wildman–Crippen LogP) is 11.6. The number of nitrogens with zero attached hydrogens (tertiary/aromatic N) is 12. The van der Waals surface area contributed by atoms with Gasteiger partial charge in [-0.3, -0.25) is 41.7 Å². The first-order valence-electron chi connectivity index (χ1n) is 47.8. The molecule has 4 aliphatic rings. The number of methoxy groups -OCH3 is 3. The number of carbonyl (C=O) groups excluding carboxylic acids is 3. The molecular weight excluding hydrogens is 1980 g/mol. The summed E-state index contributed by atoms with van der Waals surface area (Å²) < 4.78 is 141. The highest BCUT2D eigenvalue weighted by molar-refractivity contribution is 7.52. The van der Waals surface area contributed by atoms with E-state index >= 15 is 0 Å². The highest BCUT2D eigenvalue weighted by Crippen LogP contribution is 2.55. The second-order valence-corrected chi connectivity index (χ2v) is 44.0. The zero-order valence-corrected chi connectivity index (χ0v) is 87.1. The lowest BCUT2D eigenvalue weighted by atomic mass is 9.96. The molecule has 0 aliphatic carbocycles. The largest absolute Gasteiger partial charge is 0.479 e. The molecule has 18 atom stereocenters. The predicted molar refractivity (Wildman–Crippen MR) is 541 cm³/mol. The number of rotatable bonds is 37. The Morgan fingerprint density at radius 3 is 1.18 bits per heavy atom. The Labute approximate surface area is 851 Å². The summed E-state index contributed by atoms with van der Waals surface area (Å²) in [6, 6.07) is 42.2. The van der Waals surface area contributed by atoms with Gasteiger partial charge >= 0.3 is 41.1 Å². The second kappa shape index (κ2) is 45.6. The molecule has 794 valence electrons. The van der Waals surface area contributed by atoms with E-state index in [4.69, 9.17) is 91.7 Å². The Balaban J connectivity index is 0.000000166. The zero-order chi connectivity index (χ0) is 106. The van der Waals surface area contributed by atoms with Crippen molar-refractivity contribution < 1.29 is 133 Å². The number of imidazole rings is 3. The van der Waals surface area contributed by atoms with E-state index in [1.54, 1.807) is 84.9 Å². The zero-order valence-electron chi connectivity index (χ0n) is 84.4. The molecule has 0 bridgehead atoms. The van der Waals surface area contributed by atoms with Crippen LogP contribution in [0.1, 0.15) is 126 Å². The summed E-state index contributed by atoms with van der Waals surface area (Å²) in [6.07, 6.45) is -7.21. The summed E-state index contributed by atoms with van der Waals surface area (Å²) in [5, 5.41) is 81.2. The molecule has 7 aromatic carbocycles. The van der Waals surface area contributed by atoms with Crippen LogP contribution in [0, 0.1) is 30.1 Å². The quantitative estimate of drug-likeness (QED) is 0.00977. The van der Waals surface area contributed by atoms with Crippen molar-refractivity contribution in [3.8, 4) is 34.9 Å². The molecule has 4 fully saturated rings. The summed E-state index contributed by atoms with van der Waals surface area (Å²) in [5.74, 6) is -2.30. The van der Waals surface area contributed by atoms with E-state index in [-0.39, 0.29) is 123 Å². The molecule has 0 radical (unpaired) electrons. The van der Waals surface area contributed by atoms with E-state index in [1.807, 2.05) is 136 Å². The van der Waals surface area contributed by atoms with Crippen LogP contribution in [0.5, 0.6) is 34.9 Å². The SMILES string of the molecule is COc1nc(N)nc2c1ncn2C1O[C@H](COP(=O)(N[C@H](C(=O)OC2CCOCC2)C(C)C)Oc2cccc3ccccc23)[C@@H](O)[C@@]1(C)O.COc1nc(N)nc2c1ncn2C1O[C@H](COP(=O)(N[C@H](C(=O)OCC(C)(C)C)C(C)C)Oc2c(C)ccc3ccccc23)[C@@H](O)[C@@]1(C)O.COc1nc(N)nc2c1ncn2C1O[C@H](COP(=O)(N[C@H](C(=O)OCc2ccccc2)C(C)C)Oc2cccc3ccccc23)[C@@H](O)[C@@]1(C)O. The number of aliphatic hydroxyl groups excluding tert-OH is 3. The lowest BCUT2D eigenvalue weighted by Crippen LogP contribution is -2.45. The van der Waals surface area contributed by atoms with Crippen LogP contribution in [0.25, 0.3) is 65.8 Å². The number of nitrogens with two attached hydrogens (primary N) is 3. The van der Waals surface area contributed by atoms with Gasteiger partial charge in [0.05, 0.1) is 80.0 Å². The third kappa shape index (κ3) is 24.5. The molecular formula is C99H125N18O28P3. The Hall–Kier alpha value is -12.4. The molecule has 6 unspecified atom stereocenters. The Kier molecular flexibility index (Phi) is 33.8. The van der Waals surface area contributed by atoms with Crippen molar-refractivity contribution in [2.24, 2.45) is 23.2 Å². The average Bonchev–Trinajstić information content (AvgIpc) is 1.60. The minimum Gasteiger partial charge on any atom is -0.479 e. The molecule has 0 saturated carbocycles. The molecule has 17 rings (SSSR count). The van der Waals surface area contributed by atoms with Crippen molar-refractivity contribution in [1.29, 1.82) is 0 Å². The van der Waals surface area contributed by atoms with Gasteiger partial charge in [0.25, 0.3) is 0 Å². The van der Waals surface area contributed by atoms with Crippen LogP contribution in [0.2, 0.25) is 0 Å². The Morgan fingerprint density at radius 2 is 0.804 bits per heavy atom. The number of aliphatic hydroxyl groups is 6. The van der Waals surface area contributed by atoms with Gasteiger partial charge in [0.15, 0.2) is 52.2 Å². The second-order valence-electron chi connectivity index (χ2n) is 38.9. The van der Waals surface area contributed by atoms with Crippen LogP contribution >= 0.6 is 23.2 Å². The number of anilines is 3. The normalized spacial score (nSPS) is 23.5. The first kappa shape index (κ1) is 110. The van der Waals surface area contributed by atoms with Crippen molar-refractivity contribution in [2.75, 3.05) is 78.2 Å². The smallest absolute Gasteiger partial charge is 0.459 e. The molecule has 0 amide bonds. The van der Waals surface area contributed by atoms with E-state index in [0.29, 0.717) is 47.8 Å². The summed E-state index contributed by atoms with van der Waals surface area (Å²) in [6.45, 7) is 21.9. The van der Waals surface area contributed by atoms with Crippen molar-refractivity contribution >= 4 is 125 Å². The fourth-order valence-corrected chi connectivity index (χ4v) is 22.3. The van der Waals surface area contributed by atoms with Gasteiger partial charge in [-0.25, -0.2) is 28.6 Å². The van der Waals surface area contributed by atoms with Crippen LogP contribution < -0.4 is 60.2 Å². The molecule has 4 aliphatic heterocycles. The maximum atomic E-state index is 14.8. The number of aryl methyl sites for hydroxylation is 1. The Morgan fingerprint density at radius 1 is 0.459 bits per heavy atom. The summed E-state index contributed by atoms with van der Waals surface area (Å²) >= 11 is 0. The highest BCUT2D eigenvalue weighted by atomic mass is 31.2. The van der Waals surface area contributed by atoms with E-state index < -0.39 is 157 Å². The van der Waals surface area contributed by atoms with Gasteiger partial charge in [-0.1, -0.05) is 202 Å². The molecule has 13 aromatic rings. The summed E-state index contributed by atoms with van der Waals surface area (Å²) in [7, 11) is -9.14. The number of nitrogen functional groups attached to an aromatic ring is 3. The van der Waals surface area contributed by atoms with Gasteiger partial charge in [-0.15, -0.1) is 0 Å². The number of aromatic nitrogens is 12. The fourth-order valence-electron chi connectivity index (χ4n) is 17.1. The maximum Gasteiger partial charge on any atom is 0.459 e. The van der Waals surface area contributed by atoms with Gasteiger partial charge in [-0.05, 0) is 90.3 Å². The molecule has 148 heavy (non-hydrogen) atoms. The minimum absolute atomic E-state index is 0.00383. The molecule has 6 aromatic heterocycles. The summed E-state index contributed by atoms with van der Waals surface area (Å²) in [4.78, 5) is 77.8. The third-order valence-electron chi connectivity index (χ3n) is 25.2. The Bertz CT molecular complexity index is 7040. The lowest BCUT2D eigenvalue weighted by molar-refractivity contribution is -0.156. The topological polar surface area (TPSA) is 616 Å². The summed E-state index contributed by atoms with van der Waals surface area (Å²) in [5.41, 5.74) is 14.4. The fraction of sp³-hybridized carbons (Fsp3) is 0.455. The van der Waals surface area contributed by atoms with E-state index in [1.165, 1.54) is 74.8 Å². The van der Waals surface area contributed by atoms with Crippen LogP contribution in [-0.2, 0) is 81.4 Å². The highest BCUT2D eigenvalue weighted by Gasteiger charge is 2.58. The number of carbonyl (C=O) groups is 3. The van der Waals surface area contributed by atoms with Gasteiger partial charge in [-0.2, -0.15) is 45.2 Å². The van der Waals surface area contributed by atoms with Gasteiger partial charge in [0, 0.05) is 29.0 Å². The van der Waals surface area contributed by atoms with Crippen LogP contribution in [0.15, 0.2) is 171 Å². The van der Waals surface area contributed by atoms with Crippen LogP contribution in [0.4, 0.5) is 17.8 Å². The standard InChI is InChI=1S/C34H39N6O9P.C33H45N6O9P.C32H41N6O10P/c1-20(2)26(31(42)46-17-21-11-6-5-7-12-21)39-50(44,49-24-16-10-14-22-13-8-9-15-23(22)24)47-18-25-28(41)34(3,43)32(48-25)40-19-36-27-29(40)37-33(35)38-30(27)45-4;1-18(2)23(29(41)45-16-32(4,5)6)38-49(43,48-25-19(3)13-14-20-11-9-10-12-21(20)25)46-15-22-26(40)33(7,42)30(47-22)39-17-35-24-27(39)36-31(34)37-28(24)44-8;1-18(2)24(29(40)46-20-12-14-44-15-13-20)37-49(42,48-22-11-7-9-19-8-5-6-10-21(19)22)45-16-23-26(39)32(3,41)30(47-23)38-17-34-25-27(38)35-31(33)36-28(25)43-4/h5-16,19-20,25-26,28,32,41,43H,17-18H2,1-4H3,(H,39,44)(H2,35,37,38);9-14,17-18,22-23,26,30,40,42H,15-16H2,1-8H3,(H,38,43)(H2,34,36,37);5-11,17-18,20,23-24,26,30,39,41H,12-16H2,1-4H3,(H,37,42)(H2,33,35,36)/t25-,26+,28-,32?,34-,50?;22-,23+,26-,30?,33-,49?;23-,24+,26-,30?,32-,49?/m111/s1. The number of hydrogen-bond donors (Lipinski definition) is 12. The first-order chi connectivity index (χ1) is 70.2. The number of benzene rings is 7. The van der Waals surface area contributed by atoms with Crippen molar-refractivity contribution in [2.45, 2.75) is 206 Å². The number of ether oxygens (including phenoxy) is 10. The lowest BCUT2D eigenvalue weighted by Gasteiger charge is -2.30. The molecule has 0 spiro atoms.